The highest BCUT2D eigenvalue weighted by molar-refractivity contribution is 5.82. The molecule has 1 aromatic rings. The van der Waals surface area contributed by atoms with Crippen LogP contribution >= 0.6 is 0 Å². The largest absolute Gasteiger partial charge is 0.375 e. The zero-order chi connectivity index (χ0) is 15.9. The number of hydrogen-bond acceptors (Lipinski definition) is 4. The first-order valence-electron chi connectivity index (χ1n) is 8.06. The van der Waals surface area contributed by atoms with Crippen LogP contribution in [-0.4, -0.2) is 50.8 Å². The van der Waals surface area contributed by atoms with Gasteiger partial charge in [-0.2, -0.15) is 0 Å². The highest BCUT2D eigenvalue weighted by Gasteiger charge is 2.27. The fourth-order valence-electron chi connectivity index (χ4n) is 2.82. The maximum absolute atomic E-state index is 12.2. The van der Waals surface area contributed by atoms with E-state index in [1.165, 1.54) is 11.3 Å². The molecular weight excluding hydrogens is 278 g/mol. The minimum atomic E-state index is -0.248. The van der Waals surface area contributed by atoms with E-state index < -0.39 is 0 Å². The van der Waals surface area contributed by atoms with Crippen LogP contribution in [-0.2, 0) is 9.53 Å². The van der Waals surface area contributed by atoms with Crippen molar-refractivity contribution in [1.29, 1.82) is 0 Å². The molecule has 1 fully saturated rings. The Morgan fingerprint density at radius 3 is 2.91 bits per heavy atom. The average Bonchev–Trinajstić information content (AvgIpc) is 2.53. The van der Waals surface area contributed by atoms with Gasteiger partial charge < -0.3 is 20.3 Å². The number of nitrogens with zero attached hydrogens (tertiary/aromatic N) is 1. The zero-order valence-corrected chi connectivity index (χ0v) is 13.8. The summed E-state index contributed by atoms with van der Waals surface area (Å²) in [6.07, 6.45) is -0.0765. The first-order chi connectivity index (χ1) is 10.6. The summed E-state index contributed by atoms with van der Waals surface area (Å²) < 4.78 is 5.51. The highest BCUT2D eigenvalue weighted by Crippen LogP contribution is 2.18. The van der Waals surface area contributed by atoms with E-state index in [0.29, 0.717) is 13.2 Å². The van der Waals surface area contributed by atoms with Gasteiger partial charge in [0.1, 0.15) is 6.04 Å². The van der Waals surface area contributed by atoms with Gasteiger partial charge >= 0.3 is 0 Å². The van der Waals surface area contributed by atoms with Gasteiger partial charge in [-0.05, 0) is 32.4 Å². The van der Waals surface area contributed by atoms with Gasteiger partial charge in [0.05, 0.1) is 12.7 Å². The Morgan fingerprint density at radius 1 is 1.45 bits per heavy atom. The quantitative estimate of drug-likeness (QED) is 0.832. The van der Waals surface area contributed by atoms with E-state index in [4.69, 9.17) is 4.74 Å². The van der Waals surface area contributed by atoms with E-state index in [1.54, 1.807) is 0 Å². The van der Waals surface area contributed by atoms with Crippen molar-refractivity contribution in [3.05, 3.63) is 29.8 Å². The number of nitrogens with one attached hydrogen (secondary N) is 2. The molecule has 5 heteroatoms. The van der Waals surface area contributed by atoms with Crippen molar-refractivity contribution in [2.75, 3.05) is 37.7 Å². The Kier molecular flexibility index (Phi) is 6.21. The molecule has 1 aromatic carbocycles. The van der Waals surface area contributed by atoms with Crippen molar-refractivity contribution < 1.29 is 9.53 Å². The number of aryl methyl sites for hydroxylation is 1. The molecule has 122 valence electrons. The third-order valence-corrected chi connectivity index (χ3v) is 4.12. The number of carbonyl (C=O) groups excluding carboxylic acids is 1. The van der Waals surface area contributed by atoms with Crippen LogP contribution in [0.25, 0.3) is 0 Å². The van der Waals surface area contributed by atoms with Crippen molar-refractivity contribution in [1.82, 2.24) is 10.6 Å². The molecule has 0 bridgehead atoms. The number of amides is 1. The van der Waals surface area contributed by atoms with Crippen LogP contribution in [0.3, 0.4) is 0 Å². The monoisotopic (exact) mass is 305 g/mol. The summed E-state index contributed by atoms with van der Waals surface area (Å²) in [5.74, 6) is 0.0213. The lowest BCUT2D eigenvalue weighted by Crippen LogP contribution is -2.56. The predicted molar refractivity (Wildman–Crippen MR) is 89.3 cm³/mol. The second kappa shape index (κ2) is 8.15. The average molecular weight is 305 g/mol. The summed E-state index contributed by atoms with van der Waals surface area (Å²) in [5.41, 5.74) is 2.48. The molecule has 0 aromatic heterocycles. The lowest BCUT2D eigenvalue weighted by Gasteiger charge is -2.30. The maximum Gasteiger partial charge on any atom is 0.239 e. The van der Waals surface area contributed by atoms with E-state index in [1.807, 2.05) is 13.0 Å². The van der Waals surface area contributed by atoms with Gasteiger partial charge in [-0.15, -0.1) is 0 Å². The van der Waals surface area contributed by atoms with E-state index in [-0.39, 0.29) is 18.1 Å². The smallest absolute Gasteiger partial charge is 0.239 e. The molecule has 2 atom stereocenters. The van der Waals surface area contributed by atoms with E-state index in [0.717, 1.165) is 19.6 Å². The first kappa shape index (κ1) is 16.8. The van der Waals surface area contributed by atoms with Gasteiger partial charge in [0.15, 0.2) is 0 Å². The van der Waals surface area contributed by atoms with Crippen LogP contribution in [0.4, 0.5) is 5.69 Å². The van der Waals surface area contributed by atoms with Gasteiger partial charge in [-0.1, -0.05) is 18.2 Å². The van der Waals surface area contributed by atoms with Crippen molar-refractivity contribution in [2.24, 2.45) is 0 Å². The van der Waals surface area contributed by atoms with Gasteiger partial charge in [-0.3, -0.25) is 4.79 Å². The highest BCUT2D eigenvalue weighted by atomic mass is 16.5. The normalized spacial score (nSPS) is 21.4. The SMILES string of the molecule is CCN(CCNC(=O)[C@H]1NCCO[C@@H]1C)c1ccccc1C. The molecule has 1 saturated heterocycles. The van der Waals surface area contributed by atoms with Gasteiger partial charge in [-0.25, -0.2) is 0 Å². The van der Waals surface area contributed by atoms with Gasteiger partial charge in [0, 0.05) is 31.9 Å². The molecule has 22 heavy (non-hydrogen) atoms. The molecule has 1 aliphatic heterocycles. The zero-order valence-electron chi connectivity index (χ0n) is 13.8. The number of benzene rings is 1. The molecule has 1 aliphatic rings. The van der Waals surface area contributed by atoms with E-state index in [9.17, 15) is 4.79 Å². The molecule has 0 saturated carbocycles. The second-order valence-corrected chi connectivity index (χ2v) is 5.66. The van der Waals surface area contributed by atoms with Crippen LogP contribution in [0.5, 0.6) is 0 Å². The van der Waals surface area contributed by atoms with Crippen LogP contribution in [0.1, 0.15) is 19.4 Å². The summed E-state index contributed by atoms with van der Waals surface area (Å²) in [7, 11) is 0. The maximum atomic E-state index is 12.2. The molecule has 2 N–H and O–H groups in total. The topological polar surface area (TPSA) is 53.6 Å². The molecule has 2 rings (SSSR count). The van der Waals surface area contributed by atoms with Gasteiger partial charge in [0.2, 0.25) is 5.91 Å². The van der Waals surface area contributed by atoms with Crippen LogP contribution < -0.4 is 15.5 Å². The van der Waals surface area contributed by atoms with Gasteiger partial charge in [0.25, 0.3) is 0 Å². The molecule has 5 nitrogen and oxygen atoms in total. The Hall–Kier alpha value is -1.59. The second-order valence-electron chi connectivity index (χ2n) is 5.66. The van der Waals surface area contributed by atoms with Crippen molar-refractivity contribution in [2.45, 2.75) is 32.9 Å². The Labute approximate surface area is 133 Å². The Bertz CT molecular complexity index is 493. The minimum Gasteiger partial charge on any atom is -0.375 e. The fraction of sp³-hybridized carbons (Fsp3) is 0.588. The molecule has 0 spiro atoms. The number of rotatable bonds is 6. The summed E-state index contributed by atoms with van der Waals surface area (Å²) >= 11 is 0. The summed E-state index contributed by atoms with van der Waals surface area (Å²) in [5, 5.41) is 6.22. The number of hydrogen-bond donors (Lipinski definition) is 2. The minimum absolute atomic E-state index is 0.0213. The fourth-order valence-corrected chi connectivity index (χ4v) is 2.82. The number of carbonyl (C=O) groups is 1. The summed E-state index contributed by atoms with van der Waals surface area (Å²) in [4.78, 5) is 14.5. The molecule has 0 aliphatic carbocycles. The number of ether oxygens (including phenoxy) is 1. The number of anilines is 1. The lowest BCUT2D eigenvalue weighted by molar-refractivity contribution is -0.128. The molecule has 0 unspecified atom stereocenters. The van der Waals surface area contributed by atoms with E-state index in [2.05, 4.69) is 47.6 Å². The predicted octanol–water partition coefficient (Wildman–Crippen LogP) is 1.31. The molecular formula is C17H27N3O2. The van der Waals surface area contributed by atoms with Crippen molar-refractivity contribution >= 4 is 11.6 Å². The summed E-state index contributed by atoms with van der Waals surface area (Å²) in [6, 6.07) is 8.09. The number of likely N-dealkylation sites (N-methyl/N-ethyl adjacent to an activating group) is 1. The number of morpholine rings is 1. The third-order valence-electron chi connectivity index (χ3n) is 4.12. The Balaban J connectivity index is 1.84. The third kappa shape index (κ3) is 4.21. The van der Waals surface area contributed by atoms with Crippen LogP contribution in [0.2, 0.25) is 0 Å². The number of para-hydroxylation sites is 1. The van der Waals surface area contributed by atoms with E-state index >= 15 is 0 Å². The van der Waals surface area contributed by atoms with Crippen molar-refractivity contribution in [3.63, 3.8) is 0 Å². The first-order valence-corrected chi connectivity index (χ1v) is 8.06. The lowest BCUT2D eigenvalue weighted by atomic mass is 10.1. The van der Waals surface area contributed by atoms with Crippen molar-refractivity contribution in [3.8, 4) is 0 Å². The molecule has 1 amide bonds. The Morgan fingerprint density at radius 2 is 2.23 bits per heavy atom. The summed E-state index contributed by atoms with van der Waals surface area (Å²) in [6.45, 7) is 9.92. The van der Waals surface area contributed by atoms with Crippen LogP contribution in [0, 0.1) is 6.92 Å². The molecule has 1 heterocycles. The molecule has 0 radical (unpaired) electrons. The standard InChI is InChI=1S/C17H27N3O2/c1-4-20(15-8-6-5-7-13(15)2)11-9-19-17(21)16-14(3)22-12-10-18-16/h5-8,14,16,18H,4,9-12H2,1-3H3,(H,19,21)/t14-,16+/m1/s1. The van der Waals surface area contributed by atoms with Crippen LogP contribution in [0.15, 0.2) is 24.3 Å².